The second-order valence-corrected chi connectivity index (χ2v) is 10.3. The Morgan fingerprint density at radius 2 is 1.79 bits per heavy atom. The van der Waals surface area contributed by atoms with E-state index in [1.165, 1.54) is 22.3 Å². The van der Waals surface area contributed by atoms with Crippen molar-refractivity contribution >= 4 is 23.3 Å². The van der Waals surface area contributed by atoms with Gasteiger partial charge in [-0.1, -0.05) is 48.0 Å². The van der Waals surface area contributed by atoms with E-state index in [4.69, 9.17) is 16.3 Å². The Labute approximate surface area is 205 Å². The molecule has 5 rings (SSSR count). The molecule has 3 aromatic rings. The lowest BCUT2D eigenvalue weighted by atomic mass is 9.59. The van der Waals surface area contributed by atoms with E-state index in [-0.39, 0.29) is 11.3 Å². The molecule has 0 saturated heterocycles. The molecule has 5 heteroatoms. The van der Waals surface area contributed by atoms with Crippen molar-refractivity contribution in [3.05, 3.63) is 94.0 Å². The lowest BCUT2D eigenvalue weighted by Gasteiger charge is -2.47. The minimum absolute atomic E-state index is 0.0946. The maximum Gasteiger partial charge on any atom is 0.329 e. The van der Waals surface area contributed by atoms with Crippen molar-refractivity contribution in [1.29, 1.82) is 0 Å². The fourth-order valence-corrected chi connectivity index (χ4v) is 6.48. The van der Waals surface area contributed by atoms with Crippen LogP contribution in [0.1, 0.15) is 53.9 Å². The third-order valence-electron chi connectivity index (χ3n) is 8.12. The molecule has 1 saturated carbocycles. The van der Waals surface area contributed by atoms with Crippen LogP contribution in [0.2, 0.25) is 5.02 Å². The van der Waals surface area contributed by atoms with E-state index in [1.807, 2.05) is 18.2 Å². The first-order valence-corrected chi connectivity index (χ1v) is 12.2. The van der Waals surface area contributed by atoms with Gasteiger partial charge in [0.15, 0.2) is 0 Å². The van der Waals surface area contributed by atoms with Crippen LogP contribution in [0.25, 0.3) is 0 Å². The van der Waals surface area contributed by atoms with Crippen LogP contribution in [0.5, 0.6) is 5.75 Å². The Morgan fingerprint density at radius 1 is 1.03 bits per heavy atom. The van der Waals surface area contributed by atoms with Gasteiger partial charge in [-0.2, -0.15) is 0 Å². The number of rotatable bonds is 5. The van der Waals surface area contributed by atoms with Crippen LogP contribution >= 0.6 is 11.6 Å². The van der Waals surface area contributed by atoms with Crippen molar-refractivity contribution in [1.82, 2.24) is 0 Å². The van der Waals surface area contributed by atoms with Gasteiger partial charge in [0.2, 0.25) is 0 Å². The molecule has 0 amide bonds. The average Bonchev–Trinajstić information content (AvgIpc) is 3.15. The van der Waals surface area contributed by atoms with Gasteiger partial charge < -0.3 is 15.2 Å². The summed E-state index contributed by atoms with van der Waals surface area (Å²) in [5, 5.41) is 14.3. The highest BCUT2D eigenvalue weighted by molar-refractivity contribution is 6.30. The Bertz CT molecular complexity index is 1230. The molecular weight excluding hydrogens is 446 g/mol. The molecule has 34 heavy (non-hydrogen) atoms. The van der Waals surface area contributed by atoms with Crippen molar-refractivity contribution in [3.63, 3.8) is 0 Å². The molecule has 2 N–H and O–H groups in total. The number of fused-ring (bicyclic) bond motifs is 2. The van der Waals surface area contributed by atoms with Gasteiger partial charge >= 0.3 is 5.97 Å². The number of benzene rings is 3. The number of nitrogens with one attached hydrogen (secondary N) is 1. The monoisotopic (exact) mass is 475 g/mol. The van der Waals surface area contributed by atoms with E-state index in [2.05, 4.69) is 48.6 Å². The molecule has 1 atom stereocenters. The maximum absolute atomic E-state index is 12.6. The number of carbonyl (C=O) groups is 1. The number of hydrogen-bond donors (Lipinski definition) is 2. The number of carboxylic acids is 1. The van der Waals surface area contributed by atoms with E-state index < -0.39 is 11.5 Å². The highest BCUT2D eigenvalue weighted by Gasteiger charge is 2.54. The Morgan fingerprint density at radius 3 is 2.50 bits per heavy atom. The highest BCUT2D eigenvalue weighted by Crippen LogP contribution is 2.58. The summed E-state index contributed by atoms with van der Waals surface area (Å²) in [5.41, 5.74) is 4.96. The fourth-order valence-electron chi connectivity index (χ4n) is 6.29. The minimum atomic E-state index is -1.01. The first kappa shape index (κ1) is 22.8. The largest absolute Gasteiger partial charge is 0.497 e. The highest BCUT2D eigenvalue weighted by atomic mass is 35.5. The third kappa shape index (κ3) is 3.74. The topological polar surface area (TPSA) is 58.6 Å². The van der Waals surface area contributed by atoms with Gasteiger partial charge in [-0.05, 0) is 97.5 Å². The summed E-state index contributed by atoms with van der Waals surface area (Å²) in [4.78, 5) is 12.6. The molecule has 0 bridgehead atoms. The molecular formula is C29H30ClNO3. The van der Waals surface area contributed by atoms with Gasteiger partial charge in [0.05, 0.1) is 7.11 Å². The van der Waals surface area contributed by atoms with Gasteiger partial charge in [-0.25, -0.2) is 4.79 Å². The quantitative estimate of drug-likeness (QED) is 0.428. The second-order valence-electron chi connectivity index (χ2n) is 9.82. The summed E-state index contributed by atoms with van der Waals surface area (Å²) in [5.74, 6) is 0.353. The molecule has 3 aromatic carbocycles. The average molecular weight is 476 g/mol. The Hall–Kier alpha value is -2.98. The summed E-state index contributed by atoms with van der Waals surface area (Å²) < 4.78 is 5.56. The van der Waals surface area contributed by atoms with E-state index in [0.29, 0.717) is 17.9 Å². The predicted octanol–water partition coefficient (Wildman–Crippen LogP) is 6.74. The van der Waals surface area contributed by atoms with E-state index in [1.54, 1.807) is 19.2 Å². The summed E-state index contributed by atoms with van der Waals surface area (Å²) in [6, 6.07) is 22.4. The van der Waals surface area contributed by atoms with E-state index >= 15 is 0 Å². The molecule has 2 aliphatic carbocycles. The van der Waals surface area contributed by atoms with Crippen molar-refractivity contribution in [3.8, 4) is 5.75 Å². The van der Waals surface area contributed by atoms with Crippen molar-refractivity contribution in [2.45, 2.75) is 55.9 Å². The molecule has 4 nitrogen and oxygen atoms in total. The maximum atomic E-state index is 12.6. The molecule has 0 aliphatic heterocycles. The second kappa shape index (κ2) is 8.66. The fraction of sp³-hybridized carbons (Fsp3) is 0.345. The number of methoxy groups -OCH3 is 1. The van der Waals surface area contributed by atoms with Gasteiger partial charge in [0.1, 0.15) is 11.3 Å². The van der Waals surface area contributed by atoms with Crippen LogP contribution < -0.4 is 10.1 Å². The first-order chi connectivity index (χ1) is 16.4. The van der Waals surface area contributed by atoms with Crippen LogP contribution in [-0.2, 0) is 16.6 Å². The SMILES string of the molecule is COc1ccc(C)c([C@@H]2Cc3ccccc3C23CCC(Nc2cccc(Cl)c2)(C(=O)O)CC3)c1. The van der Waals surface area contributed by atoms with Gasteiger partial charge in [0.25, 0.3) is 0 Å². The summed E-state index contributed by atoms with van der Waals surface area (Å²) in [7, 11) is 1.71. The van der Waals surface area contributed by atoms with Crippen LogP contribution in [-0.4, -0.2) is 23.7 Å². The van der Waals surface area contributed by atoms with Gasteiger partial charge in [-0.15, -0.1) is 0 Å². The number of halogens is 1. The third-order valence-corrected chi connectivity index (χ3v) is 8.36. The Kier molecular flexibility index (Phi) is 5.81. The zero-order valence-corrected chi connectivity index (χ0v) is 20.4. The molecule has 2 aliphatic rings. The number of aliphatic carboxylic acids is 1. The lowest BCUT2D eigenvalue weighted by molar-refractivity contribution is -0.144. The number of ether oxygens (including phenoxy) is 1. The van der Waals surface area contributed by atoms with Crippen molar-refractivity contribution in [2.24, 2.45) is 0 Å². The van der Waals surface area contributed by atoms with Crippen molar-refractivity contribution < 1.29 is 14.6 Å². The normalized spacial score (nSPS) is 25.7. The zero-order chi connectivity index (χ0) is 23.9. The number of anilines is 1. The molecule has 1 spiro atoms. The zero-order valence-electron chi connectivity index (χ0n) is 19.6. The van der Waals surface area contributed by atoms with Crippen LogP contribution in [0.4, 0.5) is 5.69 Å². The number of aryl methyl sites for hydroxylation is 1. The minimum Gasteiger partial charge on any atom is -0.497 e. The standard InChI is InChI=1S/C29H30ClNO3/c1-19-10-11-23(34-2)18-24(19)26-16-20-6-3-4-9-25(20)28(26)12-14-29(15-13-28,27(32)33)31-22-8-5-7-21(30)17-22/h3-11,17-18,26,31H,12-16H2,1-2H3,(H,32,33)/t26-,28?,29?/m0/s1. The Balaban J connectivity index is 1.53. The smallest absolute Gasteiger partial charge is 0.329 e. The van der Waals surface area contributed by atoms with E-state index in [0.717, 1.165) is 30.7 Å². The molecule has 176 valence electrons. The summed E-state index contributed by atoms with van der Waals surface area (Å²) >= 11 is 6.17. The molecule has 1 fully saturated rings. The summed E-state index contributed by atoms with van der Waals surface area (Å²) in [6.45, 7) is 2.16. The number of carboxylic acid groups (broad SMARTS) is 1. The molecule has 0 aromatic heterocycles. The van der Waals surface area contributed by atoms with Crippen LogP contribution in [0, 0.1) is 6.92 Å². The van der Waals surface area contributed by atoms with Gasteiger partial charge in [0, 0.05) is 16.1 Å². The predicted molar refractivity (Wildman–Crippen MR) is 136 cm³/mol. The van der Waals surface area contributed by atoms with Crippen molar-refractivity contribution in [2.75, 3.05) is 12.4 Å². The van der Waals surface area contributed by atoms with Gasteiger partial charge in [-0.3, -0.25) is 0 Å². The van der Waals surface area contributed by atoms with Crippen LogP contribution in [0.15, 0.2) is 66.7 Å². The van der Waals surface area contributed by atoms with Crippen LogP contribution in [0.3, 0.4) is 0 Å². The lowest BCUT2D eigenvalue weighted by Crippen LogP contribution is -2.52. The molecule has 0 radical (unpaired) electrons. The molecule has 0 unspecified atom stereocenters. The van der Waals surface area contributed by atoms with E-state index in [9.17, 15) is 9.90 Å². The number of hydrogen-bond acceptors (Lipinski definition) is 3. The summed E-state index contributed by atoms with van der Waals surface area (Å²) in [6.07, 6.45) is 3.65. The first-order valence-electron chi connectivity index (χ1n) is 11.9. The molecule has 0 heterocycles.